The monoisotopic (exact) mass is 478 g/mol. The molecule has 1 aliphatic rings. The molecule has 3 aromatic carbocycles. The van der Waals surface area contributed by atoms with Gasteiger partial charge in [0.25, 0.3) is 0 Å². The predicted octanol–water partition coefficient (Wildman–Crippen LogP) is 5.96. The number of hydrogen-bond donors (Lipinski definition) is 1. The molecule has 0 saturated heterocycles. The fourth-order valence-electron chi connectivity index (χ4n) is 4.24. The summed E-state index contributed by atoms with van der Waals surface area (Å²) in [6.45, 7) is 0.642. The van der Waals surface area contributed by atoms with E-state index in [4.69, 9.17) is 9.47 Å². The van der Waals surface area contributed by atoms with E-state index >= 15 is 0 Å². The third-order valence-electron chi connectivity index (χ3n) is 6.18. The van der Waals surface area contributed by atoms with Crippen LogP contribution in [0.25, 0.3) is 22.4 Å². The van der Waals surface area contributed by atoms with Crippen molar-refractivity contribution in [3.8, 4) is 33.9 Å². The van der Waals surface area contributed by atoms with Crippen LogP contribution in [0.3, 0.4) is 0 Å². The number of nitrogens with one attached hydrogen (secondary N) is 1. The van der Waals surface area contributed by atoms with Crippen molar-refractivity contribution < 1.29 is 19.1 Å². The van der Waals surface area contributed by atoms with Gasteiger partial charge in [-0.1, -0.05) is 42.5 Å². The quantitative estimate of drug-likeness (QED) is 0.316. The maximum Gasteiger partial charge on any atom is 0.225 e. The van der Waals surface area contributed by atoms with Crippen molar-refractivity contribution in [2.75, 3.05) is 19.0 Å². The number of pyridine rings is 1. The zero-order chi connectivity index (χ0) is 24.9. The minimum absolute atomic E-state index is 0.0650. The van der Waals surface area contributed by atoms with Crippen LogP contribution in [0.5, 0.6) is 11.5 Å². The molecular weight excluding hydrogens is 452 g/mol. The molecule has 0 bridgehead atoms. The van der Waals surface area contributed by atoms with E-state index in [9.17, 15) is 9.59 Å². The number of ketones is 1. The number of Topliss-reactive ketones (excluding diaryl/α,β-unsaturated/α-hetero) is 1. The van der Waals surface area contributed by atoms with Crippen LogP contribution in [0.4, 0.5) is 5.82 Å². The maximum atomic E-state index is 12.8. The van der Waals surface area contributed by atoms with Crippen molar-refractivity contribution in [3.63, 3.8) is 0 Å². The highest BCUT2D eigenvalue weighted by molar-refractivity contribution is 6.00. The number of ether oxygens (including phenoxy) is 2. The van der Waals surface area contributed by atoms with Gasteiger partial charge < -0.3 is 14.8 Å². The van der Waals surface area contributed by atoms with Gasteiger partial charge in [0.2, 0.25) is 5.91 Å². The lowest BCUT2D eigenvalue weighted by molar-refractivity contribution is -0.116. The Morgan fingerprint density at radius 1 is 0.889 bits per heavy atom. The number of amides is 1. The van der Waals surface area contributed by atoms with Gasteiger partial charge in [-0.25, -0.2) is 4.98 Å². The van der Waals surface area contributed by atoms with E-state index in [1.54, 1.807) is 13.2 Å². The van der Waals surface area contributed by atoms with Crippen LogP contribution in [0, 0.1) is 0 Å². The molecule has 5 rings (SSSR count). The van der Waals surface area contributed by atoms with E-state index in [-0.39, 0.29) is 24.5 Å². The number of methoxy groups -OCH3 is 1. The van der Waals surface area contributed by atoms with Crippen LogP contribution in [-0.4, -0.2) is 30.4 Å². The van der Waals surface area contributed by atoms with Gasteiger partial charge in [-0.05, 0) is 59.2 Å². The number of carbonyl (C=O) groups is 2. The minimum Gasteiger partial charge on any atom is -0.497 e. The Hall–Kier alpha value is -4.45. The first-order valence-electron chi connectivity index (χ1n) is 11.9. The average molecular weight is 479 g/mol. The second kappa shape index (κ2) is 10.4. The molecule has 0 spiro atoms. The zero-order valence-electron chi connectivity index (χ0n) is 20.0. The van der Waals surface area contributed by atoms with Gasteiger partial charge in [0.05, 0.1) is 19.4 Å². The van der Waals surface area contributed by atoms with Crippen LogP contribution >= 0.6 is 0 Å². The molecule has 2 heterocycles. The second-order valence-electron chi connectivity index (χ2n) is 8.61. The number of carbonyl (C=O) groups excluding carboxylic acids is 2. The molecule has 4 aromatic rings. The molecule has 0 aliphatic carbocycles. The lowest BCUT2D eigenvalue weighted by Gasteiger charge is -2.11. The summed E-state index contributed by atoms with van der Waals surface area (Å²) in [5.74, 6) is 1.72. The number of aromatic nitrogens is 1. The Bertz CT molecular complexity index is 1400. The molecule has 0 atom stereocenters. The van der Waals surface area contributed by atoms with E-state index in [0.29, 0.717) is 18.0 Å². The second-order valence-corrected chi connectivity index (χ2v) is 8.61. The van der Waals surface area contributed by atoms with Gasteiger partial charge in [-0.15, -0.1) is 0 Å². The molecule has 0 unspecified atom stereocenters. The van der Waals surface area contributed by atoms with E-state index in [0.717, 1.165) is 45.9 Å². The molecule has 0 saturated carbocycles. The van der Waals surface area contributed by atoms with Gasteiger partial charge in [-0.2, -0.15) is 0 Å². The van der Waals surface area contributed by atoms with E-state index < -0.39 is 0 Å². The van der Waals surface area contributed by atoms with E-state index in [2.05, 4.69) is 10.3 Å². The molecular formula is C30H26N2O4. The van der Waals surface area contributed by atoms with Gasteiger partial charge in [0, 0.05) is 30.4 Å². The van der Waals surface area contributed by atoms with Crippen molar-refractivity contribution >= 4 is 17.5 Å². The largest absolute Gasteiger partial charge is 0.497 e. The first-order chi connectivity index (χ1) is 17.6. The number of rotatable bonds is 8. The van der Waals surface area contributed by atoms with Crippen LogP contribution < -0.4 is 14.8 Å². The highest BCUT2D eigenvalue weighted by atomic mass is 16.5. The Balaban J connectivity index is 1.33. The number of anilines is 1. The number of fused-ring (bicyclic) bond motifs is 1. The Kier molecular flexibility index (Phi) is 6.76. The normalized spacial score (nSPS) is 11.9. The molecule has 0 fully saturated rings. The van der Waals surface area contributed by atoms with Crippen molar-refractivity contribution in [2.45, 2.75) is 19.3 Å². The lowest BCUT2D eigenvalue weighted by Crippen LogP contribution is -2.14. The Labute approximate surface area is 209 Å². The van der Waals surface area contributed by atoms with Crippen LogP contribution in [0.15, 0.2) is 84.9 Å². The number of nitrogens with zero attached hydrogens (tertiary/aromatic N) is 1. The number of benzene rings is 3. The average Bonchev–Trinajstić information content (AvgIpc) is 3.40. The van der Waals surface area contributed by atoms with Gasteiger partial charge in [0.15, 0.2) is 5.78 Å². The molecule has 6 nitrogen and oxygen atoms in total. The summed E-state index contributed by atoms with van der Waals surface area (Å²) in [5, 5.41) is 2.89. The van der Waals surface area contributed by atoms with Crippen LogP contribution in [0.1, 0.15) is 28.8 Å². The van der Waals surface area contributed by atoms with Crippen molar-refractivity contribution in [1.29, 1.82) is 0 Å². The smallest absolute Gasteiger partial charge is 0.225 e. The molecule has 6 heteroatoms. The lowest BCUT2D eigenvalue weighted by atomic mass is 10.0. The zero-order valence-corrected chi connectivity index (χ0v) is 20.0. The summed E-state index contributed by atoms with van der Waals surface area (Å²) in [7, 11) is 1.63. The van der Waals surface area contributed by atoms with Gasteiger partial charge in [0.1, 0.15) is 17.3 Å². The summed E-state index contributed by atoms with van der Waals surface area (Å²) in [4.78, 5) is 30.1. The third-order valence-corrected chi connectivity index (χ3v) is 6.18. The summed E-state index contributed by atoms with van der Waals surface area (Å²) in [6.07, 6.45) is 0.994. The first kappa shape index (κ1) is 23.3. The predicted molar refractivity (Wildman–Crippen MR) is 139 cm³/mol. The first-order valence-corrected chi connectivity index (χ1v) is 11.9. The Morgan fingerprint density at radius 3 is 2.47 bits per heavy atom. The fraction of sp³-hybridized carbons (Fsp3) is 0.167. The molecule has 0 radical (unpaired) electrons. The summed E-state index contributed by atoms with van der Waals surface area (Å²) in [5.41, 5.74) is 5.23. The summed E-state index contributed by atoms with van der Waals surface area (Å²) < 4.78 is 10.8. The van der Waals surface area contributed by atoms with Crippen molar-refractivity contribution in [1.82, 2.24) is 4.98 Å². The third kappa shape index (κ3) is 5.28. The molecule has 1 N–H and O–H groups in total. The molecule has 36 heavy (non-hydrogen) atoms. The molecule has 1 aromatic heterocycles. The highest BCUT2D eigenvalue weighted by Gasteiger charge is 2.16. The molecule has 1 amide bonds. The van der Waals surface area contributed by atoms with Crippen LogP contribution in [0.2, 0.25) is 0 Å². The topological polar surface area (TPSA) is 77.5 Å². The van der Waals surface area contributed by atoms with Crippen LogP contribution in [-0.2, 0) is 11.2 Å². The van der Waals surface area contributed by atoms with E-state index in [1.807, 2.05) is 78.9 Å². The maximum absolute atomic E-state index is 12.8. The standard InChI is InChI=1S/C30H26N2O4/c1-35-25-10-7-20(8-11-25)24-18-26(21-5-3-2-4-6-21)31-29(19-24)32-30(34)14-12-27(33)22-9-13-28-23(17-22)15-16-36-28/h2-11,13,17-19H,12,14-16H2,1H3,(H,31,32,34). The summed E-state index contributed by atoms with van der Waals surface area (Å²) in [6, 6.07) is 26.8. The SMILES string of the molecule is COc1ccc(-c2cc(NC(=O)CCC(=O)c3ccc4c(c3)CCO4)nc(-c3ccccc3)c2)cc1. The van der Waals surface area contributed by atoms with Crippen molar-refractivity contribution in [2.24, 2.45) is 0 Å². The van der Waals surface area contributed by atoms with Gasteiger partial charge >= 0.3 is 0 Å². The number of hydrogen-bond acceptors (Lipinski definition) is 5. The molecule has 1 aliphatic heterocycles. The fourth-order valence-corrected chi connectivity index (χ4v) is 4.24. The highest BCUT2D eigenvalue weighted by Crippen LogP contribution is 2.29. The van der Waals surface area contributed by atoms with Gasteiger partial charge in [-0.3, -0.25) is 9.59 Å². The van der Waals surface area contributed by atoms with E-state index in [1.165, 1.54) is 0 Å². The molecule has 180 valence electrons. The minimum atomic E-state index is -0.258. The van der Waals surface area contributed by atoms with Crippen molar-refractivity contribution in [3.05, 3.63) is 96.1 Å². The summed E-state index contributed by atoms with van der Waals surface area (Å²) >= 11 is 0. The Morgan fingerprint density at radius 2 is 1.69 bits per heavy atom.